The van der Waals surface area contributed by atoms with Crippen LogP contribution in [0.4, 0.5) is 0 Å². The van der Waals surface area contributed by atoms with Gasteiger partial charge in [0.25, 0.3) is 5.91 Å². The minimum Gasteiger partial charge on any atom is -0.490 e. The van der Waals surface area contributed by atoms with Crippen LogP contribution < -0.4 is 10.1 Å². The quantitative estimate of drug-likeness (QED) is 0.759. The first kappa shape index (κ1) is 17.5. The van der Waals surface area contributed by atoms with E-state index in [-0.39, 0.29) is 12.5 Å². The summed E-state index contributed by atoms with van der Waals surface area (Å²) in [5.74, 6) is 0.890. The highest BCUT2D eigenvalue weighted by molar-refractivity contribution is 5.94. The Morgan fingerprint density at radius 3 is 2.57 bits per heavy atom. The van der Waals surface area contributed by atoms with Crippen molar-refractivity contribution in [2.75, 3.05) is 13.2 Å². The molecule has 1 aliphatic carbocycles. The van der Waals surface area contributed by atoms with Crippen molar-refractivity contribution in [1.29, 1.82) is 0 Å². The summed E-state index contributed by atoms with van der Waals surface area (Å²) in [6.45, 7) is 5.95. The molecule has 1 amide bonds. The number of hydrogen-bond donors (Lipinski definition) is 2. The minimum atomic E-state index is -0.560. The second kappa shape index (κ2) is 8.16. The minimum absolute atomic E-state index is 0.0378. The normalized spacial score (nSPS) is 18.0. The fourth-order valence-corrected chi connectivity index (χ4v) is 3.20. The molecule has 0 heterocycles. The van der Waals surface area contributed by atoms with Gasteiger partial charge in [-0.25, -0.2) is 0 Å². The van der Waals surface area contributed by atoms with Crippen molar-refractivity contribution in [1.82, 2.24) is 5.32 Å². The van der Waals surface area contributed by atoms with Crippen LogP contribution in [0.5, 0.6) is 5.75 Å². The molecule has 1 aromatic carbocycles. The zero-order chi connectivity index (χ0) is 16.7. The van der Waals surface area contributed by atoms with Crippen LogP contribution in [0.25, 0.3) is 0 Å². The average Bonchev–Trinajstić information content (AvgIpc) is 2.61. The predicted octanol–water partition coefficient (Wildman–Crippen LogP) is 3.31. The van der Waals surface area contributed by atoms with E-state index in [2.05, 4.69) is 11.9 Å². The molecule has 1 aromatic rings. The Morgan fingerprint density at radius 2 is 2.00 bits per heavy atom. The van der Waals surface area contributed by atoms with E-state index in [1.54, 1.807) is 30.3 Å². The highest BCUT2D eigenvalue weighted by atomic mass is 16.5. The summed E-state index contributed by atoms with van der Waals surface area (Å²) in [5.41, 5.74) is 0.0154. The number of nitrogens with one attached hydrogen (secondary N) is 1. The van der Waals surface area contributed by atoms with E-state index in [1.165, 1.54) is 19.3 Å². The van der Waals surface area contributed by atoms with Crippen LogP contribution in [0.2, 0.25) is 0 Å². The first-order chi connectivity index (χ1) is 11.1. The third-order valence-electron chi connectivity index (χ3n) is 4.72. The highest BCUT2D eigenvalue weighted by Gasteiger charge is 2.35. The fraction of sp³-hybridized carbons (Fsp3) is 0.526. The third kappa shape index (κ3) is 4.58. The van der Waals surface area contributed by atoms with Gasteiger partial charge in [-0.3, -0.25) is 4.79 Å². The van der Waals surface area contributed by atoms with E-state index in [9.17, 15) is 9.90 Å². The SMILES string of the molecule is C=CCOc1ccc(C(=O)N[C@](C)(CO)C2CCCCC2)cc1. The maximum Gasteiger partial charge on any atom is 0.251 e. The largest absolute Gasteiger partial charge is 0.490 e. The van der Waals surface area contributed by atoms with Gasteiger partial charge in [0, 0.05) is 5.56 Å². The Balaban J connectivity index is 2.02. The van der Waals surface area contributed by atoms with E-state index in [1.807, 2.05) is 6.92 Å². The fourth-order valence-electron chi connectivity index (χ4n) is 3.20. The molecule has 0 radical (unpaired) electrons. The maximum atomic E-state index is 12.5. The standard InChI is InChI=1S/C19H27NO3/c1-3-13-23-17-11-9-15(10-12-17)18(22)20-19(2,14-21)16-7-5-4-6-8-16/h3,9-12,16,21H,1,4-8,13-14H2,2H3,(H,20,22)/t19-/m1/s1. The number of aliphatic hydroxyl groups excluding tert-OH is 1. The lowest BCUT2D eigenvalue weighted by Gasteiger charge is -2.39. The van der Waals surface area contributed by atoms with Gasteiger partial charge in [-0.2, -0.15) is 0 Å². The second-order valence-corrected chi connectivity index (χ2v) is 6.49. The van der Waals surface area contributed by atoms with Crippen molar-refractivity contribution in [2.45, 2.75) is 44.6 Å². The molecule has 1 atom stereocenters. The van der Waals surface area contributed by atoms with Crippen LogP contribution in [0, 0.1) is 5.92 Å². The van der Waals surface area contributed by atoms with Crippen molar-refractivity contribution < 1.29 is 14.6 Å². The van der Waals surface area contributed by atoms with Gasteiger partial charge < -0.3 is 15.2 Å². The Labute approximate surface area is 138 Å². The first-order valence-corrected chi connectivity index (χ1v) is 8.36. The Bertz CT molecular complexity index is 520. The second-order valence-electron chi connectivity index (χ2n) is 6.49. The molecule has 4 nitrogen and oxygen atoms in total. The number of ether oxygens (including phenoxy) is 1. The molecule has 126 valence electrons. The molecule has 23 heavy (non-hydrogen) atoms. The van der Waals surface area contributed by atoms with E-state index in [0.717, 1.165) is 12.8 Å². The summed E-state index contributed by atoms with van der Waals surface area (Å²) in [6, 6.07) is 7.03. The van der Waals surface area contributed by atoms with Gasteiger partial charge in [0.1, 0.15) is 12.4 Å². The Hall–Kier alpha value is -1.81. The lowest BCUT2D eigenvalue weighted by atomic mass is 9.76. The molecule has 1 fully saturated rings. The first-order valence-electron chi connectivity index (χ1n) is 8.36. The maximum absolute atomic E-state index is 12.5. The summed E-state index contributed by atoms with van der Waals surface area (Å²) >= 11 is 0. The van der Waals surface area contributed by atoms with Crippen molar-refractivity contribution >= 4 is 5.91 Å². The van der Waals surface area contributed by atoms with Gasteiger partial charge in [0.15, 0.2) is 0 Å². The summed E-state index contributed by atoms with van der Waals surface area (Å²) in [4.78, 5) is 12.5. The lowest BCUT2D eigenvalue weighted by Crippen LogP contribution is -2.54. The molecule has 0 aliphatic heterocycles. The molecule has 2 N–H and O–H groups in total. The molecule has 4 heteroatoms. The van der Waals surface area contributed by atoms with Gasteiger partial charge in [-0.15, -0.1) is 0 Å². The molecule has 0 spiro atoms. The van der Waals surface area contributed by atoms with E-state index in [0.29, 0.717) is 23.8 Å². The Morgan fingerprint density at radius 1 is 1.35 bits per heavy atom. The molecule has 1 aliphatic rings. The molecule has 0 aromatic heterocycles. The van der Waals surface area contributed by atoms with Crippen molar-refractivity contribution in [3.05, 3.63) is 42.5 Å². The van der Waals surface area contributed by atoms with Crippen LogP contribution in [0.1, 0.15) is 49.4 Å². The van der Waals surface area contributed by atoms with E-state index < -0.39 is 5.54 Å². The van der Waals surface area contributed by atoms with Crippen LogP contribution in [0.3, 0.4) is 0 Å². The molecule has 0 saturated heterocycles. The van der Waals surface area contributed by atoms with Crippen molar-refractivity contribution in [3.63, 3.8) is 0 Å². The number of amides is 1. The van der Waals surface area contributed by atoms with Gasteiger partial charge in [0.2, 0.25) is 0 Å². The van der Waals surface area contributed by atoms with Crippen molar-refractivity contribution in [3.8, 4) is 5.75 Å². The number of benzene rings is 1. The van der Waals surface area contributed by atoms with Crippen LogP contribution in [-0.4, -0.2) is 29.8 Å². The summed E-state index contributed by atoms with van der Waals surface area (Å²) in [7, 11) is 0. The molecular weight excluding hydrogens is 290 g/mol. The number of carbonyl (C=O) groups is 1. The number of rotatable bonds is 7. The molecule has 0 bridgehead atoms. The van der Waals surface area contributed by atoms with Crippen LogP contribution >= 0.6 is 0 Å². The molecule has 0 unspecified atom stereocenters. The zero-order valence-corrected chi connectivity index (χ0v) is 13.9. The van der Waals surface area contributed by atoms with Crippen molar-refractivity contribution in [2.24, 2.45) is 5.92 Å². The van der Waals surface area contributed by atoms with Gasteiger partial charge in [0.05, 0.1) is 12.1 Å². The Kier molecular flexibility index (Phi) is 6.22. The van der Waals surface area contributed by atoms with Crippen LogP contribution in [-0.2, 0) is 0 Å². The zero-order valence-electron chi connectivity index (χ0n) is 13.9. The number of hydrogen-bond acceptors (Lipinski definition) is 3. The topological polar surface area (TPSA) is 58.6 Å². The predicted molar refractivity (Wildman–Crippen MR) is 91.7 cm³/mol. The molecular formula is C19H27NO3. The summed E-state index contributed by atoms with van der Waals surface area (Å²) in [5, 5.41) is 12.9. The molecule has 1 saturated carbocycles. The monoisotopic (exact) mass is 317 g/mol. The van der Waals surface area contributed by atoms with Crippen LogP contribution in [0.15, 0.2) is 36.9 Å². The van der Waals surface area contributed by atoms with E-state index >= 15 is 0 Å². The van der Waals surface area contributed by atoms with E-state index in [4.69, 9.17) is 4.74 Å². The number of aliphatic hydroxyl groups is 1. The lowest BCUT2D eigenvalue weighted by molar-refractivity contribution is 0.0680. The van der Waals surface area contributed by atoms with Gasteiger partial charge in [-0.05, 0) is 49.9 Å². The number of carbonyl (C=O) groups excluding carboxylic acids is 1. The summed E-state index contributed by atoms with van der Waals surface area (Å²) in [6.07, 6.45) is 7.39. The third-order valence-corrected chi connectivity index (χ3v) is 4.72. The smallest absolute Gasteiger partial charge is 0.251 e. The summed E-state index contributed by atoms with van der Waals surface area (Å²) < 4.78 is 5.42. The average molecular weight is 317 g/mol. The van der Waals surface area contributed by atoms with Gasteiger partial charge in [-0.1, -0.05) is 31.9 Å². The highest BCUT2D eigenvalue weighted by Crippen LogP contribution is 2.32. The van der Waals surface area contributed by atoms with Gasteiger partial charge >= 0.3 is 0 Å². The molecule has 2 rings (SSSR count).